The predicted molar refractivity (Wildman–Crippen MR) is 83.2 cm³/mol. The van der Waals surface area contributed by atoms with E-state index in [0.717, 1.165) is 5.56 Å². The van der Waals surface area contributed by atoms with Crippen molar-refractivity contribution < 1.29 is 4.39 Å². The van der Waals surface area contributed by atoms with E-state index >= 15 is 0 Å². The van der Waals surface area contributed by atoms with E-state index in [2.05, 4.69) is 59.1 Å². The molecule has 0 atom stereocenters. The zero-order valence-electron chi connectivity index (χ0n) is 12.8. The molecule has 19 heavy (non-hydrogen) atoms. The van der Waals surface area contributed by atoms with Crippen LogP contribution < -0.4 is 0 Å². The van der Waals surface area contributed by atoms with Gasteiger partial charge in [-0.2, -0.15) is 0 Å². The zero-order chi connectivity index (χ0) is 14.6. The Hall–Kier alpha value is -1.07. The number of benzene rings is 1. The van der Waals surface area contributed by atoms with Crippen molar-refractivity contribution >= 4 is 8.07 Å². The van der Waals surface area contributed by atoms with Gasteiger partial charge in [0.1, 0.15) is 13.9 Å². The lowest BCUT2D eigenvalue weighted by atomic mass is 10.2. The van der Waals surface area contributed by atoms with Crippen molar-refractivity contribution in [1.29, 1.82) is 0 Å². The Morgan fingerprint density at radius 2 is 1.53 bits per heavy atom. The monoisotopic (exact) mass is 275 g/mol. The van der Waals surface area contributed by atoms with E-state index in [1.807, 2.05) is 0 Å². The molecule has 0 nitrogen and oxygen atoms in total. The van der Waals surface area contributed by atoms with Gasteiger partial charge < -0.3 is 0 Å². The van der Waals surface area contributed by atoms with Crippen LogP contribution in [0.2, 0.25) is 16.6 Å². The molecule has 103 valence electrons. The van der Waals surface area contributed by atoms with Crippen LogP contribution in [0.5, 0.6) is 0 Å². The molecule has 0 heterocycles. The van der Waals surface area contributed by atoms with Crippen molar-refractivity contribution in [2.24, 2.45) is 0 Å². The van der Waals surface area contributed by atoms with Crippen molar-refractivity contribution in [2.75, 3.05) is 0 Å². The van der Waals surface area contributed by atoms with Crippen LogP contribution in [0.1, 0.15) is 47.1 Å². The first-order valence-corrected chi connectivity index (χ1v) is 9.23. The summed E-state index contributed by atoms with van der Waals surface area (Å²) in [4.78, 5) is 0. The molecule has 2 heteroatoms. The van der Waals surface area contributed by atoms with E-state index in [9.17, 15) is 4.39 Å². The minimum atomic E-state index is -1.73. The summed E-state index contributed by atoms with van der Waals surface area (Å²) in [6, 6.07) is 7.38. The molecule has 0 fully saturated rings. The molecule has 0 aliphatic rings. The average Bonchev–Trinajstić information content (AvgIpc) is 2.28. The number of hydrogen-bond acceptors (Lipinski definition) is 0. The van der Waals surface area contributed by atoms with E-state index in [4.69, 9.17) is 0 Å². The molecule has 0 N–H and O–H groups in total. The topological polar surface area (TPSA) is 0 Å². The van der Waals surface area contributed by atoms with Gasteiger partial charge in [0.15, 0.2) is 0 Å². The molecule has 1 aromatic rings. The summed E-state index contributed by atoms with van der Waals surface area (Å²) in [7, 11) is -1.73. The Balaban J connectivity index is 3.23. The third-order valence-corrected chi connectivity index (χ3v) is 10.3. The number of halogens is 1. The van der Waals surface area contributed by atoms with Gasteiger partial charge in [-0.05, 0) is 40.9 Å². The van der Waals surface area contributed by atoms with Gasteiger partial charge in [-0.1, -0.05) is 47.5 Å². The molecule has 0 unspecified atom stereocenters. The summed E-state index contributed by atoms with van der Waals surface area (Å²) in [6.45, 7) is 13.7. The summed E-state index contributed by atoms with van der Waals surface area (Å²) < 4.78 is 13.2. The van der Waals surface area contributed by atoms with Crippen LogP contribution in [0.15, 0.2) is 18.2 Å². The maximum absolute atomic E-state index is 13.2. The van der Waals surface area contributed by atoms with E-state index < -0.39 is 8.07 Å². The first-order valence-electron chi connectivity index (χ1n) is 7.00. The highest BCUT2D eigenvalue weighted by Crippen LogP contribution is 2.40. The fourth-order valence-corrected chi connectivity index (χ4v) is 8.36. The molecule has 0 saturated heterocycles. The fourth-order valence-electron chi connectivity index (χ4n) is 3.13. The Morgan fingerprint density at radius 1 is 1.00 bits per heavy atom. The van der Waals surface area contributed by atoms with Crippen molar-refractivity contribution in [3.63, 3.8) is 0 Å². The Labute approximate surface area is 118 Å². The number of rotatable bonds is 3. The second-order valence-corrected chi connectivity index (χ2v) is 11.7. The van der Waals surface area contributed by atoms with Gasteiger partial charge in [-0.25, -0.2) is 4.39 Å². The second-order valence-electron chi connectivity index (χ2n) is 6.09. The molecule has 0 aliphatic heterocycles. The summed E-state index contributed by atoms with van der Waals surface area (Å²) >= 11 is 0. The maximum Gasteiger partial charge on any atom is 0.146 e. The molecule has 0 spiro atoms. The zero-order valence-corrected chi connectivity index (χ0v) is 13.8. The summed E-state index contributed by atoms with van der Waals surface area (Å²) in [5.74, 6) is 2.94. The molecule has 0 aromatic heterocycles. The van der Waals surface area contributed by atoms with E-state index in [-0.39, 0.29) is 5.82 Å². The van der Waals surface area contributed by atoms with Crippen LogP contribution in [0, 0.1) is 23.3 Å². The standard InChI is InChI=1S/C17H24FSi/c1-13(2)19(14(3)4,15(5)6)11-10-16-8-7-9-17(18)12-16/h8-9,12-15H,1-6H3. The van der Waals surface area contributed by atoms with Gasteiger partial charge in [0, 0.05) is 5.56 Å². The summed E-state index contributed by atoms with van der Waals surface area (Å²) in [5, 5.41) is 0. The van der Waals surface area contributed by atoms with Crippen LogP contribution in [0.3, 0.4) is 0 Å². The van der Waals surface area contributed by atoms with Gasteiger partial charge in [0.25, 0.3) is 0 Å². The molecule has 1 rings (SSSR count). The van der Waals surface area contributed by atoms with Crippen molar-refractivity contribution in [1.82, 2.24) is 0 Å². The maximum atomic E-state index is 13.2. The van der Waals surface area contributed by atoms with Crippen LogP contribution >= 0.6 is 0 Å². The minimum Gasteiger partial charge on any atom is -0.207 e. The normalized spacial score (nSPS) is 11.9. The lowest BCUT2D eigenvalue weighted by molar-refractivity contribution is 0.627. The second kappa shape index (κ2) is 6.39. The predicted octanol–water partition coefficient (Wildman–Crippen LogP) is 5.20. The molecule has 0 amide bonds. The van der Waals surface area contributed by atoms with Crippen molar-refractivity contribution in [2.45, 2.75) is 58.2 Å². The lowest BCUT2D eigenvalue weighted by Crippen LogP contribution is -2.43. The minimum absolute atomic E-state index is 0.266. The molecular weight excluding hydrogens is 251 g/mol. The van der Waals surface area contributed by atoms with Gasteiger partial charge in [-0.3, -0.25) is 0 Å². The summed E-state index contributed by atoms with van der Waals surface area (Å²) in [6.07, 6.45) is 0. The quantitative estimate of drug-likeness (QED) is 0.525. The smallest absolute Gasteiger partial charge is 0.146 e. The molecule has 1 radical (unpaired) electrons. The Bertz CT molecular complexity index is 456. The first kappa shape index (κ1) is 16.0. The highest BCUT2D eigenvalue weighted by atomic mass is 28.3. The van der Waals surface area contributed by atoms with Gasteiger partial charge in [0.05, 0.1) is 0 Å². The highest BCUT2D eigenvalue weighted by Gasteiger charge is 2.41. The van der Waals surface area contributed by atoms with Crippen LogP contribution in [0.25, 0.3) is 0 Å². The Kier molecular flexibility index (Phi) is 5.37. The van der Waals surface area contributed by atoms with Gasteiger partial charge in [0.2, 0.25) is 0 Å². The SMILES string of the molecule is CC(C)[Si](C#Cc1c[c]cc(F)c1)(C(C)C)C(C)C. The molecule has 0 bridgehead atoms. The Morgan fingerprint density at radius 3 is 1.95 bits per heavy atom. The highest BCUT2D eigenvalue weighted by molar-refractivity contribution is 6.90. The average molecular weight is 275 g/mol. The van der Waals surface area contributed by atoms with E-state index in [0.29, 0.717) is 16.6 Å². The molecule has 1 aromatic carbocycles. The third-order valence-electron chi connectivity index (χ3n) is 4.04. The summed E-state index contributed by atoms with van der Waals surface area (Å²) in [5.41, 5.74) is 6.10. The third kappa shape index (κ3) is 3.48. The van der Waals surface area contributed by atoms with Crippen molar-refractivity contribution in [3.05, 3.63) is 35.6 Å². The molecule has 0 aliphatic carbocycles. The van der Waals surface area contributed by atoms with E-state index in [1.54, 1.807) is 6.07 Å². The van der Waals surface area contributed by atoms with Gasteiger partial charge in [-0.15, -0.1) is 5.54 Å². The molecular formula is C17H24FSi. The van der Waals surface area contributed by atoms with Crippen molar-refractivity contribution in [3.8, 4) is 11.5 Å². The fraction of sp³-hybridized carbons (Fsp3) is 0.529. The first-order chi connectivity index (χ1) is 8.80. The van der Waals surface area contributed by atoms with Crippen LogP contribution in [0.4, 0.5) is 4.39 Å². The van der Waals surface area contributed by atoms with Gasteiger partial charge >= 0.3 is 0 Å². The lowest BCUT2D eigenvalue weighted by Gasteiger charge is -2.38. The van der Waals surface area contributed by atoms with Crippen LogP contribution in [-0.4, -0.2) is 8.07 Å². The molecule has 0 saturated carbocycles. The van der Waals surface area contributed by atoms with Crippen LogP contribution in [-0.2, 0) is 0 Å². The number of hydrogen-bond donors (Lipinski definition) is 0. The largest absolute Gasteiger partial charge is 0.207 e. The van der Waals surface area contributed by atoms with E-state index in [1.165, 1.54) is 12.1 Å².